The fourth-order valence-electron chi connectivity index (χ4n) is 8.64. The van der Waals surface area contributed by atoms with Gasteiger partial charge in [0.05, 0.1) is 24.0 Å². The van der Waals surface area contributed by atoms with Gasteiger partial charge in [0.25, 0.3) is 5.91 Å². The first-order chi connectivity index (χ1) is 26.2. The van der Waals surface area contributed by atoms with Gasteiger partial charge in [-0.1, -0.05) is 24.3 Å². The maximum Gasteiger partial charge on any atom is 0.255 e. The maximum absolute atomic E-state index is 13.4. The summed E-state index contributed by atoms with van der Waals surface area (Å²) in [5.74, 6) is 1.05. The van der Waals surface area contributed by atoms with Crippen LogP contribution in [0.2, 0.25) is 0 Å². The Morgan fingerprint density at radius 1 is 0.907 bits per heavy atom. The Kier molecular flexibility index (Phi) is 8.60. The first-order valence-corrected chi connectivity index (χ1v) is 18.9. The fourth-order valence-corrected chi connectivity index (χ4v) is 8.64. The lowest BCUT2D eigenvalue weighted by Crippen LogP contribution is -2.52. The number of hydrogen-bond acceptors (Lipinski definition) is 11. The molecule has 3 N–H and O–H groups in total. The van der Waals surface area contributed by atoms with Gasteiger partial charge in [-0.25, -0.2) is 0 Å². The van der Waals surface area contributed by atoms with Crippen LogP contribution in [0.1, 0.15) is 51.9 Å². The van der Waals surface area contributed by atoms with Crippen molar-refractivity contribution in [2.75, 3.05) is 54.4 Å². The zero-order valence-electron chi connectivity index (χ0n) is 30.5. The van der Waals surface area contributed by atoms with Gasteiger partial charge in [-0.05, 0) is 78.9 Å². The number of benzene rings is 3. The van der Waals surface area contributed by atoms with Gasteiger partial charge in [0, 0.05) is 75.5 Å². The third-order valence-corrected chi connectivity index (χ3v) is 11.7. The van der Waals surface area contributed by atoms with Crippen LogP contribution in [0.15, 0.2) is 60.7 Å². The molecule has 3 atom stereocenters. The summed E-state index contributed by atoms with van der Waals surface area (Å²) in [6.45, 7) is 10.3. The number of carbonyl (C=O) groups is 3. The second kappa shape index (κ2) is 13.6. The molecular formula is C41H44N8O5. The van der Waals surface area contributed by atoms with Crippen molar-refractivity contribution in [1.29, 1.82) is 0 Å². The number of aromatic nitrogens is 2. The first kappa shape index (κ1) is 34.1. The van der Waals surface area contributed by atoms with E-state index in [2.05, 4.69) is 66.7 Å². The zero-order valence-corrected chi connectivity index (χ0v) is 30.5. The van der Waals surface area contributed by atoms with E-state index < -0.39 is 6.04 Å². The van der Waals surface area contributed by atoms with Crippen molar-refractivity contribution in [1.82, 2.24) is 25.3 Å². The van der Waals surface area contributed by atoms with Gasteiger partial charge in [-0.3, -0.25) is 24.6 Å². The third kappa shape index (κ3) is 6.25. The number of para-hydroxylation sites is 1. The molecule has 3 fully saturated rings. The number of aryl methyl sites for hydroxylation is 2. The number of piperazine rings is 1. The van der Waals surface area contributed by atoms with Crippen molar-refractivity contribution in [3.63, 3.8) is 0 Å². The van der Waals surface area contributed by atoms with Crippen molar-refractivity contribution in [2.24, 2.45) is 0 Å². The van der Waals surface area contributed by atoms with E-state index in [1.54, 1.807) is 4.90 Å². The van der Waals surface area contributed by atoms with E-state index in [1.807, 2.05) is 43.3 Å². The summed E-state index contributed by atoms with van der Waals surface area (Å²) in [6, 6.07) is 19.8. The van der Waals surface area contributed by atoms with Crippen LogP contribution in [0.25, 0.3) is 11.3 Å². The van der Waals surface area contributed by atoms with E-state index in [9.17, 15) is 19.5 Å². The minimum absolute atomic E-state index is 0.0279. The van der Waals surface area contributed by atoms with Crippen molar-refractivity contribution in [3.05, 3.63) is 88.5 Å². The highest BCUT2D eigenvalue weighted by Crippen LogP contribution is 2.40. The molecule has 5 aliphatic heterocycles. The third-order valence-electron chi connectivity index (χ3n) is 11.7. The smallest absolute Gasteiger partial charge is 0.255 e. The number of aromatic hydroxyl groups is 1. The summed E-state index contributed by atoms with van der Waals surface area (Å²) in [5.41, 5.74) is 8.18. The number of ether oxygens (including phenoxy) is 1. The van der Waals surface area contributed by atoms with E-state index in [4.69, 9.17) is 4.74 Å². The summed E-state index contributed by atoms with van der Waals surface area (Å²) in [6.07, 6.45) is 1.53. The molecule has 0 saturated carbocycles. The maximum atomic E-state index is 13.4. The largest absolute Gasteiger partial charge is 0.507 e. The molecule has 278 valence electrons. The van der Waals surface area contributed by atoms with E-state index >= 15 is 0 Å². The number of nitrogens with one attached hydrogen (secondary N) is 2. The van der Waals surface area contributed by atoms with Crippen molar-refractivity contribution < 1.29 is 24.2 Å². The minimum atomic E-state index is -0.605. The number of phenolic OH excluding ortho intramolecular Hbond substituents is 1. The molecule has 0 bridgehead atoms. The number of imide groups is 1. The number of phenols is 1. The molecule has 13 nitrogen and oxygen atoms in total. The number of rotatable bonds is 7. The molecule has 1 unspecified atom stereocenters. The summed E-state index contributed by atoms with van der Waals surface area (Å²) < 4.78 is 6.58. The number of nitrogens with zero attached hydrogens (tertiary/aromatic N) is 6. The Balaban J connectivity index is 0.797. The predicted octanol–water partition coefficient (Wildman–Crippen LogP) is 4.00. The number of piperidine rings is 1. The number of fused-ring (bicyclic) bond motifs is 4. The molecule has 3 saturated heterocycles. The Morgan fingerprint density at radius 2 is 1.76 bits per heavy atom. The van der Waals surface area contributed by atoms with Crippen LogP contribution in [-0.4, -0.2) is 100 Å². The minimum Gasteiger partial charge on any atom is -0.507 e. The normalized spacial score (nSPS) is 22.4. The van der Waals surface area contributed by atoms with Crippen molar-refractivity contribution >= 4 is 34.9 Å². The van der Waals surface area contributed by atoms with Gasteiger partial charge in [0.2, 0.25) is 11.8 Å². The standard InChI is InChI=1S/C41H44N8O5/c1-24-4-3-5-32(38(24)51)34-19-36-39(45-44-34)42-20-29-17-31(23-48(29)36)54-30-9-7-26(25(2)16-30)21-46-12-14-47(15-13-46)28-8-6-27-22-49(41(53)33(27)18-28)35-10-11-37(50)43-40(35)52/h3-9,16,18-19,29,31,35,51H,10-15,17,20-23H2,1-2H3,(H,42,45)(H,43,50,52)/t29-,31-,35?/m1/s1. The van der Waals surface area contributed by atoms with Gasteiger partial charge >= 0.3 is 0 Å². The summed E-state index contributed by atoms with van der Waals surface area (Å²) in [5, 5.41) is 25.4. The molecule has 0 spiro atoms. The Labute approximate surface area is 313 Å². The first-order valence-electron chi connectivity index (χ1n) is 18.9. The number of carbonyl (C=O) groups excluding carboxylic acids is 3. The molecule has 6 heterocycles. The second-order valence-corrected chi connectivity index (χ2v) is 15.2. The number of anilines is 3. The molecular weight excluding hydrogens is 685 g/mol. The number of amides is 3. The molecule has 0 radical (unpaired) electrons. The zero-order chi connectivity index (χ0) is 37.1. The highest BCUT2D eigenvalue weighted by molar-refractivity contribution is 6.05. The van der Waals surface area contributed by atoms with Gasteiger partial charge in [-0.2, -0.15) is 0 Å². The van der Waals surface area contributed by atoms with Crippen LogP contribution < -0.4 is 25.2 Å². The lowest BCUT2D eigenvalue weighted by atomic mass is 10.0. The molecule has 3 amide bonds. The molecule has 1 aromatic heterocycles. The lowest BCUT2D eigenvalue weighted by Gasteiger charge is -2.36. The molecule has 3 aromatic carbocycles. The molecule has 0 aliphatic carbocycles. The summed E-state index contributed by atoms with van der Waals surface area (Å²) >= 11 is 0. The highest BCUT2D eigenvalue weighted by atomic mass is 16.5. The van der Waals surface area contributed by atoms with Gasteiger partial charge in [0.1, 0.15) is 23.6 Å². The molecule has 4 aromatic rings. The second-order valence-electron chi connectivity index (χ2n) is 15.2. The van der Waals surface area contributed by atoms with Crippen LogP contribution in [-0.2, 0) is 22.7 Å². The average Bonchev–Trinajstić information content (AvgIpc) is 3.74. The fraction of sp³-hybridized carbons (Fsp3) is 0.390. The monoisotopic (exact) mass is 728 g/mol. The SMILES string of the molecule is Cc1cc(O[C@@H]2C[C@@H]3CNc4nnc(-c5cccc(C)c5O)cc4N3C2)ccc1CN1CCN(c2ccc3c(c2)C(=O)N(C2CCC(=O)NC2=O)C3)CC1. The molecule has 9 rings (SSSR count). The Hall–Kier alpha value is -5.69. The molecule has 5 aliphatic rings. The van der Waals surface area contributed by atoms with Crippen LogP contribution in [0.5, 0.6) is 11.5 Å². The topological polar surface area (TPSA) is 143 Å². The lowest BCUT2D eigenvalue weighted by molar-refractivity contribution is -0.136. The van der Waals surface area contributed by atoms with E-state index in [-0.39, 0.29) is 42.0 Å². The highest BCUT2D eigenvalue weighted by Gasteiger charge is 2.40. The van der Waals surface area contributed by atoms with Crippen molar-refractivity contribution in [2.45, 2.75) is 64.4 Å². The van der Waals surface area contributed by atoms with E-state index in [0.717, 1.165) is 86.3 Å². The van der Waals surface area contributed by atoms with Gasteiger partial charge in [0.15, 0.2) is 5.82 Å². The summed E-state index contributed by atoms with van der Waals surface area (Å²) in [4.78, 5) is 46.2. The van der Waals surface area contributed by atoms with Crippen LogP contribution in [0.4, 0.5) is 17.2 Å². The Bertz CT molecular complexity index is 2170. The molecule has 13 heteroatoms. The van der Waals surface area contributed by atoms with Crippen LogP contribution in [0.3, 0.4) is 0 Å². The van der Waals surface area contributed by atoms with Crippen LogP contribution in [0, 0.1) is 13.8 Å². The average molecular weight is 729 g/mol. The summed E-state index contributed by atoms with van der Waals surface area (Å²) in [7, 11) is 0. The van der Waals surface area contributed by atoms with Gasteiger partial charge in [-0.15, -0.1) is 10.2 Å². The van der Waals surface area contributed by atoms with Gasteiger partial charge < -0.3 is 29.9 Å². The van der Waals surface area contributed by atoms with E-state index in [1.165, 1.54) is 11.1 Å². The predicted molar refractivity (Wildman–Crippen MR) is 204 cm³/mol. The van der Waals surface area contributed by atoms with Crippen molar-refractivity contribution in [3.8, 4) is 22.8 Å². The molecule has 54 heavy (non-hydrogen) atoms. The quantitative estimate of drug-likeness (QED) is 0.238. The van der Waals surface area contributed by atoms with E-state index in [0.29, 0.717) is 29.8 Å². The Morgan fingerprint density at radius 3 is 2.57 bits per heavy atom. The van der Waals surface area contributed by atoms with Crippen LogP contribution >= 0.6 is 0 Å². The number of hydrogen-bond donors (Lipinski definition) is 3.